The molecule has 104 valence electrons. The normalized spacial score (nSPS) is 12.5. The minimum atomic E-state index is -1.44. The maximum atomic E-state index is 13.4. The first-order valence-electron chi connectivity index (χ1n) is 5.62. The van der Waals surface area contributed by atoms with Crippen LogP contribution in [0.4, 0.5) is 10.1 Å². The fourth-order valence-corrected chi connectivity index (χ4v) is 2.39. The van der Waals surface area contributed by atoms with Crippen LogP contribution in [0.25, 0.3) is 0 Å². The minimum absolute atomic E-state index is 0.0470. The van der Waals surface area contributed by atoms with Crippen molar-refractivity contribution in [3.05, 3.63) is 33.6 Å². The molecule has 1 atom stereocenters. The molecule has 0 bridgehead atoms. The summed E-state index contributed by atoms with van der Waals surface area (Å²) in [7, 11) is 0. The van der Waals surface area contributed by atoms with Gasteiger partial charge in [0.25, 0.3) is 5.69 Å². The molecule has 1 rings (SSSR count). The number of thioether (sulfide) groups is 1. The van der Waals surface area contributed by atoms with Crippen molar-refractivity contribution in [3.63, 3.8) is 0 Å². The lowest BCUT2D eigenvalue weighted by Crippen LogP contribution is -2.08. The van der Waals surface area contributed by atoms with Gasteiger partial charge >= 0.3 is 5.97 Å². The summed E-state index contributed by atoms with van der Waals surface area (Å²) in [6.07, 6.45) is 0. The number of halogens is 1. The topological polar surface area (TPSA) is 80.4 Å². The molecule has 0 radical (unpaired) electrons. The van der Waals surface area contributed by atoms with E-state index in [0.717, 1.165) is 6.07 Å². The lowest BCUT2D eigenvalue weighted by atomic mass is 10.1. The van der Waals surface area contributed by atoms with E-state index in [9.17, 15) is 19.3 Å². The number of hydrogen-bond donors (Lipinski definition) is 1. The third-order valence-electron chi connectivity index (χ3n) is 2.73. The Hall–Kier alpha value is -1.63. The lowest BCUT2D eigenvalue weighted by Gasteiger charge is -2.15. The number of carboxylic acids is 1. The molecule has 0 aliphatic heterocycles. The highest BCUT2D eigenvalue weighted by molar-refractivity contribution is 8.00. The maximum Gasteiger partial charge on any atom is 0.338 e. The molecule has 7 heteroatoms. The van der Waals surface area contributed by atoms with Crippen molar-refractivity contribution in [1.29, 1.82) is 0 Å². The number of carbonyl (C=O) groups is 1. The summed E-state index contributed by atoms with van der Waals surface area (Å²) in [6, 6.07) is 1.69. The van der Waals surface area contributed by atoms with Crippen LogP contribution < -0.4 is 0 Å². The first-order valence-corrected chi connectivity index (χ1v) is 6.50. The predicted octanol–water partition coefficient (Wildman–Crippen LogP) is 3.57. The van der Waals surface area contributed by atoms with E-state index in [-0.39, 0.29) is 16.1 Å². The SMILES string of the molecule is CC(C)C(C)Sc1cc(C(=O)O)c(F)cc1[N+](=O)[O-]. The van der Waals surface area contributed by atoms with Crippen LogP contribution in [0.5, 0.6) is 0 Å². The van der Waals surface area contributed by atoms with Gasteiger partial charge < -0.3 is 5.11 Å². The van der Waals surface area contributed by atoms with Gasteiger partial charge in [0.2, 0.25) is 0 Å². The fourth-order valence-electron chi connectivity index (χ4n) is 1.28. The molecule has 0 aromatic heterocycles. The van der Waals surface area contributed by atoms with Crippen LogP contribution in [0.15, 0.2) is 17.0 Å². The Morgan fingerprint density at radius 2 is 2.00 bits per heavy atom. The highest BCUT2D eigenvalue weighted by atomic mass is 32.2. The van der Waals surface area contributed by atoms with E-state index in [1.54, 1.807) is 0 Å². The van der Waals surface area contributed by atoms with Crippen molar-refractivity contribution >= 4 is 23.4 Å². The number of aromatic carboxylic acids is 1. The molecule has 1 aromatic rings. The van der Waals surface area contributed by atoms with Crippen LogP contribution >= 0.6 is 11.8 Å². The summed E-state index contributed by atoms with van der Waals surface area (Å²) < 4.78 is 13.4. The van der Waals surface area contributed by atoms with Gasteiger partial charge in [0.05, 0.1) is 21.4 Å². The third kappa shape index (κ3) is 3.66. The summed E-state index contributed by atoms with van der Waals surface area (Å²) in [5.74, 6) is -2.28. The molecule has 0 spiro atoms. The molecule has 1 aromatic carbocycles. The molecule has 1 N–H and O–H groups in total. The van der Waals surface area contributed by atoms with Crippen molar-refractivity contribution in [2.45, 2.75) is 30.9 Å². The molecule has 0 aliphatic carbocycles. The maximum absolute atomic E-state index is 13.4. The average Bonchev–Trinajstić information content (AvgIpc) is 2.29. The number of rotatable bonds is 5. The van der Waals surface area contributed by atoms with Gasteiger partial charge in [-0.15, -0.1) is 11.8 Å². The summed E-state index contributed by atoms with van der Waals surface area (Å²) in [5.41, 5.74) is -0.955. The number of nitro groups is 1. The second kappa shape index (κ2) is 6.01. The number of carboxylic acid groups (broad SMARTS) is 1. The molecule has 19 heavy (non-hydrogen) atoms. The summed E-state index contributed by atoms with van der Waals surface area (Å²) in [4.78, 5) is 21.2. The Balaban J connectivity index is 3.29. The summed E-state index contributed by atoms with van der Waals surface area (Å²) in [6.45, 7) is 5.78. The first kappa shape index (κ1) is 15.4. The van der Waals surface area contributed by atoms with E-state index >= 15 is 0 Å². The molecule has 0 saturated heterocycles. The number of benzene rings is 1. The van der Waals surface area contributed by atoms with E-state index in [1.165, 1.54) is 11.8 Å². The van der Waals surface area contributed by atoms with Crippen molar-refractivity contribution in [2.24, 2.45) is 5.92 Å². The van der Waals surface area contributed by atoms with Gasteiger partial charge in [-0.2, -0.15) is 0 Å². The van der Waals surface area contributed by atoms with Crippen molar-refractivity contribution in [1.82, 2.24) is 0 Å². The van der Waals surface area contributed by atoms with E-state index in [0.29, 0.717) is 6.07 Å². The molecular formula is C12H14FNO4S. The van der Waals surface area contributed by atoms with Crippen LogP contribution in [-0.4, -0.2) is 21.2 Å². The first-order chi connectivity index (χ1) is 8.73. The molecule has 5 nitrogen and oxygen atoms in total. The second-order valence-electron chi connectivity index (χ2n) is 4.43. The highest BCUT2D eigenvalue weighted by Crippen LogP contribution is 2.36. The summed E-state index contributed by atoms with van der Waals surface area (Å²) >= 11 is 1.18. The molecule has 0 aliphatic rings. The van der Waals surface area contributed by atoms with Gasteiger partial charge in [-0.05, 0) is 12.0 Å². The number of nitro benzene ring substituents is 1. The Bertz CT molecular complexity index is 519. The van der Waals surface area contributed by atoms with Crippen molar-refractivity contribution in [2.75, 3.05) is 0 Å². The standard InChI is InChI=1S/C12H14FNO4S/c1-6(2)7(3)19-11-4-8(12(15)16)9(13)5-10(11)14(17)18/h4-7H,1-3H3,(H,15,16). The van der Waals surface area contributed by atoms with Crippen molar-refractivity contribution in [3.8, 4) is 0 Å². The lowest BCUT2D eigenvalue weighted by molar-refractivity contribution is -0.387. The highest BCUT2D eigenvalue weighted by Gasteiger charge is 2.23. The second-order valence-corrected chi connectivity index (χ2v) is 5.85. The van der Waals surface area contributed by atoms with E-state index in [4.69, 9.17) is 5.11 Å². The largest absolute Gasteiger partial charge is 0.478 e. The van der Waals surface area contributed by atoms with Gasteiger partial charge in [-0.3, -0.25) is 10.1 Å². The molecule has 0 fully saturated rings. The van der Waals surface area contributed by atoms with Gasteiger partial charge in [0.1, 0.15) is 5.82 Å². The smallest absolute Gasteiger partial charge is 0.338 e. The Morgan fingerprint density at radius 1 is 1.42 bits per heavy atom. The van der Waals surface area contributed by atoms with Crippen LogP contribution in [0.2, 0.25) is 0 Å². The van der Waals surface area contributed by atoms with Gasteiger partial charge in [0.15, 0.2) is 0 Å². The number of hydrogen-bond acceptors (Lipinski definition) is 4. The van der Waals surface area contributed by atoms with Gasteiger partial charge in [-0.1, -0.05) is 20.8 Å². The van der Waals surface area contributed by atoms with E-state index < -0.39 is 28.0 Å². The Labute approximate surface area is 114 Å². The quantitative estimate of drug-likeness (QED) is 0.508. The van der Waals surface area contributed by atoms with E-state index in [2.05, 4.69) is 0 Å². The average molecular weight is 287 g/mol. The van der Waals surface area contributed by atoms with Gasteiger partial charge in [0, 0.05) is 5.25 Å². The third-order valence-corrected chi connectivity index (χ3v) is 4.22. The Kier molecular flexibility index (Phi) is 4.88. The predicted molar refractivity (Wildman–Crippen MR) is 70.2 cm³/mol. The van der Waals surface area contributed by atoms with Gasteiger partial charge in [-0.25, -0.2) is 9.18 Å². The monoisotopic (exact) mass is 287 g/mol. The fraction of sp³-hybridized carbons (Fsp3) is 0.417. The molecule has 0 heterocycles. The van der Waals surface area contributed by atoms with Crippen molar-refractivity contribution < 1.29 is 19.2 Å². The van der Waals surface area contributed by atoms with Crippen LogP contribution in [0.3, 0.4) is 0 Å². The zero-order valence-corrected chi connectivity index (χ0v) is 11.5. The number of nitrogens with zero attached hydrogens (tertiary/aromatic N) is 1. The molecule has 1 unspecified atom stereocenters. The van der Waals surface area contributed by atoms with Crippen LogP contribution in [0, 0.1) is 21.8 Å². The zero-order chi connectivity index (χ0) is 14.7. The van der Waals surface area contributed by atoms with E-state index in [1.807, 2.05) is 20.8 Å². The minimum Gasteiger partial charge on any atom is -0.478 e. The Morgan fingerprint density at radius 3 is 2.42 bits per heavy atom. The molecular weight excluding hydrogens is 273 g/mol. The molecule has 0 amide bonds. The van der Waals surface area contributed by atoms with Crippen LogP contribution in [0.1, 0.15) is 31.1 Å². The zero-order valence-electron chi connectivity index (χ0n) is 10.7. The molecule has 0 saturated carbocycles. The van der Waals surface area contributed by atoms with Crippen LogP contribution in [-0.2, 0) is 0 Å². The summed E-state index contributed by atoms with van der Waals surface area (Å²) in [5, 5.41) is 19.8.